The van der Waals surface area contributed by atoms with Gasteiger partial charge in [0.25, 0.3) is 5.69 Å². The van der Waals surface area contributed by atoms with E-state index in [2.05, 4.69) is 21.2 Å². The lowest BCUT2D eigenvalue weighted by molar-refractivity contribution is -0.384. The van der Waals surface area contributed by atoms with Gasteiger partial charge in [0.2, 0.25) is 5.91 Å². The number of carbonyl (C=O) groups is 1. The zero-order valence-electron chi connectivity index (χ0n) is 17.6. The minimum Gasteiger partial charge on any atom is -0.496 e. The summed E-state index contributed by atoms with van der Waals surface area (Å²) < 4.78 is 5.04. The molecule has 1 aliphatic rings. The van der Waals surface area contributed by atoms with Gasteiger partial charge in [0, 0.05) is 31.9 Å². The summed E-state index contributed by atoms with van der Waals surface area (Å²) in [6.07, 6.45) is 0.875. The molecule has 3 rings (SSSR count). The van der Waals surface area contributed by atoms with Crippen molar-refractivity contribution in [1.82, 2.24) is 4.90 Å². The van der Waals surface area contributed by atoms with Crippen molar-refractivity contribution >= 4 is 23.0 Å². The molecule has 9 heteroatoms. The number of methoxy groups -OCH3 is 1. The van der Waals surface area contributed by atoms with E-state index < -0.39 is 11.0 Å². The fraction of sp³-hybridized carbons (Fsp3) is 0.364. The molecule has 162 valence electrons. The van der Waals surface area contributed by atoms with Gasteiger partial charge in [-0.05, 0) is 49.7 Å². The molecule has 0 radical (unpaired) electrons. The lowest BCUT2D eigenvalue weighted by Crippen LogP contribution is -2.44. The van der Waals surface area contributed by atoms with Gasteiger partial charge < -0.3 is 15.0 Å². The highest BCUT2D eigenvalue weighted by molar-refractivity contribution is 5.96. The van der Waals surface area contributed by atoms with Crippen LogP contribution in [0.2, 0.25) is 0 Å². The molecule has 0 spiro atoms. The molecule has 0 bridgehead atoms. The first-order valence-corrected chi connectivity index (χ1v) is 10.1. The Morgan fingerprint density at radius 1 is 1.19 bits per heavy atom. The number of carbonyl (C=O) groups excluding carboxylic acids is 1. The Kier molecular flexibility index (Phi) is 7.05. The van der Waals surface area contributed by atoms with E-state index >= 15 is 0 Å². The quantitative estimate of drug-likeness (QED) is 0.561. The molecule has 0 saturated carbocycles. The maximum atomic E-state index is 12.8. The first kappa shape index (κ1) is 22.1. The molecular weight excluding hydrogens is 398 g/mol. The number of nitro benzene ring substituents is 1. The molecule has 1 saturated heterocycles. The maximum absolute atomic E-state index is 12.8. The molecule has 1 amide bonds. The number of hydrogen-bond donors (Lipinski definition) is 1. The molecule has 1 fully saturated rings. The minimum absolute atomic E-state index is 0.150. The molecule has 1 N–H and O–H groups in total. The SMILES string of the molecule is COc1ccc(NC(=O)C(C)N2CCCN(c3ccc(C#N)cc3)CC2)c([N+](=O)[O-])c1. The van der Waals surface area contributed by atoms with Gasteiger partial charge in [-0.2, -0.15) is 5.26 Å². The zero-order chi connectivity index (χ0) is 22.4. The van der Waals surface area contributed by atoms with Crippen molar-refractivity contribution in [2.75, 3.05) is 43.5 Å². The van der Waals surface area contributed by atoms with Crippen LogP contribution in [0.3, 0.4) is 0 Å². The highest BCUT2D eigenvalue weighted by atomic mass is 16.6. The van der Waals surface area contributed by atoms with E-state index in [1.165, 1.54) is 19.2 Å². The highest BCUT2D eigenvalue weighted by Gasteiger charge is 2.26. The van der Waals surface area contributed by atoms with Crippen LogP contribution in [-0.2, 0) is 4.79 Å². The summed E-state index contributed by atoms with van der Waals surface area (Å²) in [6.45, 7) is 4.82. The average molecular weight is 423 g/mol. The number of ether oxygens (including phenoxy) is 1. The zero-order valence-corrected chi connectivity index (χ0v) is 17.6. The van der Waals surface area contributed by atoms with Crippen LogP contribution >= 0.6 is 0 Å². The van der Waals surface area contributed by atoms with Crippen molar-refractivity contribution in [2.45, 2.75) is 19.4 Å². The number of benzene rings is 2. The van der Waals surface area contributed by atoms with E-state index in [1.807, 2.05) is 19.1 Å². The Balaban J connectivity index is 1.65. The summed E-state index contributed by atoms with van der Waals surface area (Å²) in [5.41, 5.74) is 1.62. The summed E-state index contributed by atoms with van der Waals surface area (Å²) in [6, 6.07) is 13.5. The molecule has 1 atom stereocenters. The Labute approximate surface area is 181 Å². The van der Waals surface area contributed by atoms with Crippen LogP contribution in [0.25, 0.3) is 0 Å². The van der Waals surface area contributed by atoms with Crippen LogP contribution in [0.15, 0.2) is 42.5 Å². The van der Waals surface area contributed by atoms with Gasteiger partial charge >= 0.3 is 0 Å². The second kappa shape index (κ2) is 9.91. The fourth-order valence-corrected chi connectivity index (χ4v) is 3.63. The molecule has 9 nitrogen and oxygen atoms in total. The van der Waals surface area contributed by atoms with Gasteiger partial charge in [-0.15, -0.1) is 0 Å². The van der Waals surface area contributed by atoms with Crippen LogP contribution < -0.4 is 15.0 Å². The summed E-state index contributed by atoms with van der Waals surface area (Å²) in [7, 11) is 1.43. The molecule has 0 aromatic heterocycles. The van der Waals surface area contributed by atoms with Crippen LogP contribution in [0.1, 0.15) is 18.9 Å². The minimum atomic E-state index is -0.538. The highest BCUT2D eigenvalue weighted by Crippen LogP contribution is 2.29. The van der Waals surface area contributed by atoms with Crippen molar-refractivity contribution in [1.29, 1.82) is 5.26 Å². The van der Waals surface area contributed by atoms with Gasteiger partial charge in [0.15, 0.2) is 0 Å². The predicted molar refractivity (Wildman–Crippen MR) is 117 cm³/mol. The summed E-state index contributed by atoms with van der Waals surface area (Å²) in [4.78, 5) is 28.0. The number of nitrogens with zero attached hydrogens (tertiary/aromatic N) is 4. The molecule has 1 heterocycles. The van der Waals surface area contributed by atoms with Gasteiger partial charge in [-0.3, -0.25) is 19.8 Å². The Morgan fingerprint density at radius 2 is 1.94 bits per heavy atom. The largest absolute Gasteiger partial charge is 0.496 e. The van der Waals surface area contributed by atoms with Crippen molar-refractivity contribution < 1.29 is 14.5 Å². The van der Waals surface area contributed by atoms with Crippen LogP contribution in [0, 0.1) is 21.4 Å². The van der Waals surface area contributed by atoms with E-state index in [4.69, 9.17) is 10.00 Å². The standard InChI is InChI=1S/C22H25N5O4/c1-16(22(28)24-20-9-8-19(31-2)14-21(20)27(29)30)25-10-3-11-26(13-12-25)18-6-4-17(15-23)5-7-18/h4-9,14,16H,3,10-13H2,1-2H3,(H,24,28). The van der Waals surface area contributed by atoms with Gasteiger partial charge in [0.1, 0.15) is 11.4 Å². The van der Waals surface area contributed by atoms with E-state index in [0.29, 0.717) is 17.9 Å². The normalized spacial score (nSPS) is 15.5. The van der Waals surface area contributed by atoms with Crippen LogP contribution in [0.5, 0.6) is 5.75 Å². The predicted octanol–water partition coefficient (Wildman–Crippen LogP) is 3.01. The van der Waals surface area contributed by atoms with Crippen molar-refractivity contribution in [3.05, 3.63) is 58.1 Å². The number of anilines is 2. The number of amides is 1. The van der Waals surface area contributed by atoms with E-state index in [1.54, 1.807) is 18.2 Å². The number of nitro groups is 1. The molecule has 31 heavy (non-hydrogen) atoms. The third-order valence-corrected chi connectivity index (χ3v) is 5.48. The van der Waals surface area contributed by atoms with Crippen LogP contribution in [-0.4, -0.2) is 55.1 Å². The molecule has 1 unspecified atom stereocenters. The number of hydrogen-bond acceptors (Lipinski definition) is 7. The molecular formula is C22H25N5O4. The summed E-state index contributed by atoms with van der Waals surface area (Å²) >= 11 is 0. The lowest BCUT2D eigenvalue weighted by Gasteiger charge is -2.27. The first-order valence-electron chi connectivity index (χ1n) is 10.1. The lowest BCUT2D eigenvalue weighted by atomic mass is 10.2. The van der Waals surface area contributed by atoms with Crippen molar-refractivity contribution in [3.8, 4) is 11.8 Å². The van der Waals surface area contributed by atoms with Crippen LogP contribution in [0.4, 0.5) is 17.1 Å². The van der Waals surface area contributed by atoms with Gasteiger partial charge in [-0.1, -0.05) is 0 Å². The fourth-order valence-electron chi connectivity index (χ4n) is 3.63. The second-order valence-corrected chi connectivity index (χ2v) is 7.34. The monoisotopic (exact) mass is 423 g/mol. The van der Waals surface area contributed by atoms with Crippen molar-refractivity contribution in [3.63, 3.8) is 0 Å². The number of rotatable bonds is 6. The number of nitriles is 1. The molecule has 0 aliphatic carbocycles. The summed E-state index contributed by atoms with van der Waals surface area (Å²) in [5, 5.41) is 23.0. The first-order chi connectivity index (χ1) is 14.9. The van der Waals surface area contributed by atoms with Crippen molar-refractivity contribution in [2.24, 2.45) is 0 Å². The van der Waals surface area contributed by atoms with E-state index in [-0.39, 0.29) is 17.3 Å². The molecule has 1 aliphatic heterocycles. The Hall–Kier alpha value is -3.64. The molecule has 2 aromatic rings. The smallest absolute Gasteiger partial charge is 0.296 e. The topological polar surface area (TPSA) is 112 Å². The molecule has 2 aromatic carbocycles. The summed E-state index contributed by atoms with van der Waals surface area (Å²) in [5.74, 6) is 0.0632. The second-order valence-electron chi connectivity index (χ2n) is 7.34. The van der Waals surface area contributed by atoms with Gasteiger partial charge in [0.05, 0.1) is 35.8 Å². The Bertz CT molecular complexity index is 986. The number of nitrogens with one attached hydrogen (secondary N) is 1. The average Bonchev–Trinajstić information content (AvgIpc) is 3.05. The van der Waals surface area contributed by atoms with E-state index in [0.717, 1.165) is 31.7 Å². The maximum Gasteiger partial charge on any atom is 0.296 e. The van der Waals surface area contributed by atoms with E-state index in [9.17, 15) is 14.9 Å². The van der Waals surface area contributed by atoms with Gasteiger partial charge in [-0.25, -0.2) is 0 Å². The third-order valence-electron chi connectivity index (χ3n) is 5.48. The Morgan fingerprint density at radius 3 is 2.58 bits per heavy atom. The third kappa shape index (κ3) is 5.29.